The van der Waals surface area contributed by atoms with Crippen molar-refractivity contribution in [2.75, 3.05) is 6.61 Å². The van der Waals surface area contributed by atoms with Crippen LogP contribution in [0.4, 0.5) is 5.69 Å². The fraction of sp³-hybridized carbons (Fsp3) is 0.500. The van der Waals surface area contributed by atoms with E-state index in [1.165, 1.54) is 17.4 Å². The van der Waals surface area contributed by atoms with E-state index >= 15 is 0 Å². The van der Waals surface area contributed by atoms with Crippen LogP contribution in [0, 0.1) is 17.0 Å². The highest BCUT2D eigenvalue weighted by Crippen LogP contribution is 2.35. The highest BCUT2D eigenvalue weighted by atomic mass is 32.1. The monoisotopic (exact) mass is 309 g/mol. The number of benzene rings is 1. The first-order chi connectivity index (χ1) is 9.88. The Balaban J connectivity index is 2.37. The molecule has 0 bridgehead atoms. The molecular formula is C14H19N3O3S. The van der Waals surface area contributed by atoms with Gasteiger partial charge in [0.05, 0.1) is 20.1 Å². The minimum atomic E-state index is -0.471. The van der Waals surface area contributed by atoms with E-state index in [1.807, 2.05) is 20.8 Å². The second-order valence-corrected chi connectivity index (χ2v) is 6.37. The quantitative estimate of drug-likeness (QED) is 0.652. The number of thiazole rings is 1. The maximum absolute atomic E-state index is 11.2. The molecule has 0 aliphatic rings. The summed E-state index contributed by atoms with van der Waals surface area (Å²) in [5.74, 6) is 0.231. The molecule has 0 saturated heterocycles. The van der Waals surface area contributed by atoms with Gasteiger partial charge in [-0.2, -0.15) is 0 Å². The summed E-state index contributed by atoms with van der Waals surface area (Å²) in [6.45, 7) is 6.08. The highest BCUT2D eigenvalue weighted by molar-refractivity contribution is 7.18. The molecule has 0 spiro atoms. The fourth-order valence-corrected chi connectivity index (χ4v) is 2.84. The van der Waals surface area contributed by atoms with Crippen molar-refractivity contribution in [3.8, 4) is 5.75 Å². The third-order valence-electron chi connectivity index (χ3n) is 3.70. The van der Waals surface area contributed by atoms with Crippen molar-refractivity contribution in [1.82, 2.24) is 4.98 Å². The summed E-state index contributed by atoms with van der Waals surface area (Å²) in [6, 6.07) is 3.15. The minimum Gasteiger partial charge on any atom is -0.485 e. The molecule has 21 heavy (non-hydrogen) atoms. The lowest BCUT2D eigenvalue weighted by atomic mass is 9.96. The highest BCUT2D eigenvalue weighted by Gasteiger charge is 2.24. The molecule has 0 aliphatic heterocycles. The van der Waals surface area contributed by atoms with Crippen molar-refractivity contribution in [3.63, 3.8) is 0 Å². The number of aryl methyl sites for hydroxylation is 1. The average Bonchev–Trinajstić information content (AvgIpc) is 2.82. The molecule has 0 amide bonds. The topological polar surface area (TPSA) is 91.3 Å². The van der Waals surface area contributed by atoms with E-state index < -0.39 is 10.5 Å². The van der Waals surface area contributed by atoms with E-state index in [1.54, 1.807) is 6.07 Å². The number of rotatable bonds is 6. The summed E-state index contributed by atoms with van der Waals surface area (Å²) in [4.78, 5) is 15.1. The zero-order valence-corrected chi connectivity index (χ0v) is 13.2. The second kappa shape index (κ2) is 5.95. The van der Waals surface area contributed by atoms with Gasteiger partial charge in [0, 0.05) is 17.7 Å². The summed E-state index contributed by atoms with van der Waals surface area (Å²) in [5, 5.41) is 12.1. The molecule has 7 heteroatoms. The molecule has 2 rings (SSSR count). The molecular weight excluding hydrogens is 290 g/mol. The lowest BCUT2D eigenvalue weighted by molar-refractivity contribution is -0.385. The molecule has 0 atom stereocenters. The number of ether oxygens (including phenoxy) is 1. The standard InChI is InChI=1S/C14H19N3O3S/c1-4-14(15,5-2)8-20-12-6-10-13(21-9(3)16-10)7-11(12)17(18)19/h6-7H,4-5,8,15H2,1-3H3. The van der Waals surface area contributed by atoms with Gasteiger partial charge in [0.1, 0.15) is 6.61 Å². The Morgan fingerprint density at radius 1 is 1.43 bits per heavy atom. The molecule has 0 unspecified atom stereocenters. The van der Waals surface area contributed by atoms with Gasteiger partial charge in [-0.1, -0.05) is 13.8 Å². The number of nitrogens with two attached hydrogens (primary N) is 1. The minimum absolute atomic E-state index is 0.0410. The Morgan fingerprint density at radius 3 is 2.67 bits per heavy atom. The Hall–Kier alpha value is -1.73. The van der Waals surface area contributed by atoms with Gasteiger partial charge in [-0.25, -0.2) is 4.98 Å². The van der Waals surface area contributed by atoms with Gasteiger partial charge < -0.3 is 10.5 Å². The van der Waals surface area contributed by atoms with E-state index in [4.69, 9.17) is 10.5 Å². The molecule has 0 saturated carbocycles. The van der Waals surface area contributed by atoms with E-state index in [-0.39, 0.29) is 18.0 Å². The normalized spacial score (nSPS) is 11.8. The van der Waals surface area contributed by atoms with Crippen LogP contribution in [0.2, 0.25) is 0 Å². The summed E-state index contributed by atoms with van der Waals surface area (Å²) < 4.78 is 6.45. The number of aromatic nitrogens is 1. The van der Waals surface area contributed by atoms with Gasteiger partial charge in [0.15, 0.2) is 5.75 Å². The average molecular weight is 309 g/mol. The van der Waals surface area contributed by atoms with Crippen LogP contribution in [0.5, 0.6) is 5.75 Å². The Labute approximate surface area is 127 Å². The lowest BCUT2D eigenvalue weighted by Crippen LogP contribution is -2.44. The molecule has 0 fully saturated rings. The van der Waals surface area contributed by atoms with Crippen LogP contribution in [0.1, 0.15) is 31.7 Å². The smallest absolute Gasteiger partial charge is 0.312 e. The summed E-state index contributed by atoms with van der Waals surface area (Å²) >= 11 is 1.43. The van der Waals surface area contributed by atoms with E-state index in [0.29, 0.717) is 5.52 Å². The van der Waals surface area contributed by atoms with Gasteiger partial charge in [-0.05, 0) is 19.8 Å². The molecule has 2 aromatic rings. The number of nitro groups is 1. The Kier molecular flexibility index (Phi) is 4.43. The maximum Gasteiger partial charge on any atom is 0.312 e. The first-order valence-electron chi connectivity index (χ1n) is 6.86. The molecule has 0 aliphatic carbocycles. The zero-order chi connectivity index (χ0) is 15.6. The van der Waals surface area contributed by atoms with Gasteiger partial charge in [0.2, 0.25) is 0 Å². The van der Waals surface area contributed by atoms with Crippen LogP contribution in [0.15, 0.2) is 12.1 Å². The summed E-state index contributed by atoms with van der Waals surface area (Å²) in [7, 11) is 0. The van der Waals surface area contributed by atoms with Crippen molar-refractivity contribution < 1.29 is 9.66 Å². The van der Waals surface area contributed by atoms with Crippen LogP contribution in [-0.2, 0) is 0 Å². The molecule has 6 nitrogen and oxygen atoms in total. The Morgan fingerprint density at radius 2 is 2.10 bits per heavy atom. The fourth-order valence-electron chi connectivity index (χ4n) is 1.99. The number of hydrogen-bond donors (Lipinski definition) is 1. The maximum atomic E-state index is 11.2. The van der Waals surface area contributed by atoms with Crippen LogP contribution in [-0.4, -0.2) is 22.1 Å². The summed E-state index contributed by atoms with van der Waals surface area (Å²) in [6.07, 6.45) is 1.49. The molecule has 1 aromatic carbocycles. The first kappa shape index (κ1) is 15.7. The first-order valence-corrected chi connectivity index (χ1v) is 7.67. The van der Waals surface area contributed by atoms with Gasteiger partial charge in [0.25, 0.3) is 0 Å². The SMILES string of the molecule is CCC(N)(CC)COc1cc2nc(C)sc2cc1[N+](=O)[O-]. The molecule has 2 N–H and O–H groups in total. The molecule has 0 radical (unpaired) electrons. The lowest BCUT2D eigenvalue weighted by Gasteiger charge is -2.26. The number of fused-ring (bicyclic) bond motifs is 1. The second-order valence-electron chi connectivity index (χ2n) is 5.14. The number of nitro benzene ring substituents is 1. The van der Waals surface area contributed by atoms with Gasteiger partial charge >= 0.3 is 5.69 Å². The largest absolute Gasteiger partial charge is 0.485 e. The molecule has 114 valence electrons. The molecule has 1 aromatic heterocycles. The van der Waals surface area contributed by atoms with Gasteiger partial charge in [-0.15, -0.1) is 11.3 Å². The predicted octanol–water partition coefficient (Wildman–Crippen LogP) is 3.41. The third kappa shape index (κ3) is 3.30. The van der Waals surface area contributed by atoms with E-state index in [9.17, 15) is 10.1 Å². The zero-order valence-electron chi connectivity index (χ0n) is 12.4. The summed E-state index contributed by atoms with van der Waals surface area (Å²) in [5.41, 5.74) is 6.38. The van der Waals surface area contributed by atoms with Crippen LogP contribution >= 0.6 is 11.3 Å². The van der Waals surface area contributed by atoms with Crippen LogP contribution in [0.25, 0.3) is 10.2 Å². The van der Waals surface area contributed by atoms with Crippen molar-refractivity contribution >= 4 is 27.2 Å². The van der Waals surface area contributed by atoms with Crippen LogP contribution < -0.4 is 10.5 Å². The van der Waals surface area contributed by atoms with Crippen molar-refractivity contribution in [3.05, 3.63) is 27.3 Å². The molecule has 1 heterocycles. The van der Waals surface area contributed by atoms with Gasteiger partial charge in [-0.3, -0.25) is 10.1 Å². The number of hydrogen-bond acceptors (Lipinski definition) is 6. The van der Waals surface area contributed by atoms with E-state index in [2.05, 4.69) is 4.98 Å². The van der Waals surface area contributed by atoms with Crippen molar-refractivity contribution in [2.45, 2.75) is 39.2 Å². The van der Waals surface area contributed by atoms with E-state index in [0.717, 1.165) is 22.5 Å². The van der Waals surface area contributed by atoms with Crippen molar-refractivity contribution in [1.29, 1.82) is 0 Å². The Bertz CT molecular complexity index is 665. The third-order valence-corrected chi connectivity index (χ3v) is 4.63. The predicted molar refractivity (Wildman–Crippen MR) is 84.0 cm³/mol. The van der Waals surface area contributed by atoms with Crippen molar-refractivity contribution in [2.24, 2.45) is 5.73 Å². The number of nitrogens with zero attached hydrogens (tertiary/aromatic N) is 2. The van der Waals surface area contributed by atoms with Crippen LogP contribution in [0.3, 0.4) is 0 Å².